The number of allylic oxidation sites excluding steroid dienone is 1. The van der Waals surface area contributed by atoms with Crippen LogP contribution in [0.15, 0.2) is 30.3 Å². The predicted molar refractivity (Wildman–Crippen MR) is 96.9 cm³/mol. The molecule has 1 heterocycles. The second-order valence-corrected chi connectivity index (χ2v) is 6.39. The van der Waals surface area contributed by atoms with E-state index in [-0.39, 0.29) is 11.7 Å². The smallest absolute Gasteiger partial charge is 0.133 e. The van der Waals surface area contributed by atoms with Crippen LogP contribution >= 0.6 is 11.3 Å². The number of fused-ring (bicyclic) bond motifs is 1. The summed E-state index contributed by atoms with van der Waals surface area (Å²) < 4.78 is 1.16. The second kappa shape index (κ2) is 7.75. The summed E-state index contributed by atoms with van der Waals surface area (Å²) in [6, 6.07) is 8.18. The number of nitrogens with two attached hydrogens (primary N) is 2. The van der Waals surface area contributed by atoms with Gasteiger partial charge in [0.15, 0.2) is 0 Å². The lowest BCUT2D eigenvalue weighted by atomic mass is 10.1. The molecule has 5 heteroatoms. The van der Waals surface area contributed by atoms with Crippen LogP contribution in [0.4, 0.5) is 0 Å². The van der Waals surface area contributed by atoms with Crippen LogP contribution in [0.25, 0.3) is 16.2 Å². The minimum absolute atomic E-state index is 0.126. The Bertz CT molecular complexity index is 700. The van der Waals surface area contributed by atoms with E-state index in [0.717, 1.165) is 40.6 Å². The van der Waals surface area contributed by atoms with Gasteiger partial charge in [-0.1, -0.05) is 30.7 Å². The standard InChI is InChI=1S/C17H22N4S/c18-16(19)10-5-3-1-2-4-7-12-8-6-9-14-13(12)11-15(22-14)17(20)21/h4,6-9,11H,1-3,5,10H2,(H3,18,19)(H3,20,21)/b7-4+. The molecule has 0 fully saturated rings. The van der Waals surface area contributed by atoms with Crippen molar-refractivity contribution >= 4 is 39.2 Å². The third-order valence-corrected chi connectivity index (χ3v) is 4.61. The number of thiophene rings is 1. The van der Waals surface area contributed by atoms with Gasteiger partial charge in [-0.05, 0) is 37.0 Å². The highest BCUT2D eigenvalue weighted by Crippen LogP contribution is 2.29. The van der Waals surface area contributed by atoms with Crippen LogP contribution in [0.3, 0.4) is 0 Å². The Balaban J connectivity index is 1.95. The summed E-state index contributed by atoms with van der Waals surface area (Å²) in [6.07, 6.45) is 9.26. The molecular formula is C17H22N4S. The lowest BCUT2D eigenvalue weighted by molar-refractivity contribution is 0.704. The first-order valence-corrected chi connectivity index (χ1v) is 8.26. The first-order valence-electron chi connectivity index (χ1n) is 7.44. The molecule has 2 rings (SSSR count). The number of rotatable bonds is 8. The molecule has 0 aliphatic heterocycles. The van der Waals surface area contributed by atoms with Crippen molar-refractivity contribution in [2.75, 3.05) is 0 Å². The number of hydrogen-bond acceptors (Lipinski definition) is 3. The lowest BCUT2D eigenvalue weighted by Crippen LogP contribution is -2.08. The van der Waals surface area contributed by atoms with Crippen molar-refractivity contribution in [2.45, 2.75) is 32.1 Å². The van der Waals surface area contributed by atoms with Crippen LogP contribution in [-0.2, 0) is 0 Å². The molecule has 0 atom stereocenters. The van der Waals surface area contributed by atoms with Crippen LogP contribution in [0.2, 0.25) is 0 Å². The number of hydrogen-bond donors (Lipinski definition) is 4. The van der Waals surface area contributed by atoms with E-state index < -0.39 is 0 Å². The lowest BCUT2D eigenvalue weighted by Gasteiger charge is -1.98. The van der Waals surface area contributed by atoms with Gasteiger partial charge >= 0.3 is 0 Å². The molecule has 1 aromatic carbocycles. The molecule has 0 spiro atoms. The summed E-state index contributed by atoms with van der Waals surface area (Å²) in [7, 11) is 0. The zero-order chi connectivity index (χ0) is 15.9. The van der Waals surface area contributed by atoms with Crippen molar-refractivity contribution in [3.05, 3.63) is 40.8 Å². The van der Waals surface area contributed by atoms with Gasteiger partial charge < -0.3 is 11.5 Å². The van der Waals surface area contributed by atoms with Crippen LogP contribution in [0, 0.1) is 10.8 Å². The number of unbranched alkanes of at least 4 members (excludes halogenated alkanes) is 3. The summed E-state index contributed by atoms with van der Waals surface area (Å²) >= 11 is 1.56. The van der Waals surface area contributed by atoms with Crippen molar-refractivity contribution in [2.24, 2.45) is 11.5 Å². The highest BCUT2D eigenvalue weighted by molar-refractivity contribution is 7.20. The monoisotopic (exact) mass is 314 g/mol. The Morgan fingerprint density at radius 1 is 1.14 bits per heavy atom. The van der Waals surface area contributed by atoms with E-state index in [1.165, 1.54) is 5.56 Å². The normalized spacial score (nSPS) is 11.3. The molecule has 0 saturated carbocycles. The maximum Gasteiger partial charge on any atom is 0.133 e. The fourth-order valence-electron chi connectivity index (χ4n) is 2.33. The van der Waals surface area contributed by atoms with Crippen molar-refractivity contribution in [3.63, 3.8) is 0 Å². The highest BCUT2D eigenvalue weighted by atomic mass is 32.1. The zero-order valence-electron chi connectivity index (χ0n) is 12.6. The van der Waals surface area contributed by atoms with Crippen LogP contribution < -0.4 is 11.5 Å². The molecule has 4 nitrogen and oxygen atoms in total. The van der Waals surface area contributed by atoms with E-state index >= 15 is 0 Å². The van der Waals surface area contributed by atoms with Gasteiger partial charge in [-0.25, -0.2) is 0 Å². The summed E-state index contributed by atoms with van der Waals surface area (Å²) in [6.45, 7) is 0. The largest absolute Gasteiger partial charge is 0.388 e. The summed E-state index contributed by atoms with van der Waals surface area (Å²) in [5.41, 5.74) is 12.1. The molecule has 0 amide bonds. The average Bonchev–Trinajstić information content (AvgIpc) is 2.91. The number of nitrogens with one attached hydrogen (secondary N) is 2. The van der Waals surface area contributed by atoms with Crippen molar-refractivity contribution in [3.8, 4) is 0 Å². The maximum absolute atomic E-state index is 7.55. The topological polar surface area (TPSA) is 99.7 Å². The average molecular weight is 314 g/mol. The SMILES string of the molecule is N=C(N)CCCCC/C=C/c1cccc2sc(C(=N)N)cc12. The minimum atomic E-state index is 0.126. The summed E-state index contributed by atoms with van der Waals surface area (Å²) in [4.78, 5) is 0.820. The summed E-state index contributed by atoms with van der Waals surface area (Å²) in [5, 5.41) is 15.9. The number of benzene rings is 1. The van der Waals surface area contributed by atoms with Gasteiger partial charge in [-0.2, -0.15) is 0 Å². The third-order valence-electron chi connectivity index (χ3n) is 3.47. The zero-order valence-corrected chi connectivity index (χ0v) is 13.4. The second-order valence-electron chi connectivity index (χ2n) is 5.31. The van der Waals surface area contributed by atoms with E-state index in [4.69, 9.17) is 22.3 Å². The molecule has 1 aromatic heterocycles. The molecule has 22 heavy (non-hydrogen) atoms. The Hall–Kier alpha value is -2.14. The van der Waals surface area contributed by atoms with Crippen molar-refractivity contribution < 1.29 is 0 Å². The molecule has 0 radical (unpaired) electrons. The van der Waals surface area contributed by atoms with Gasteiger partial charge in [-0.15, -0.1) is 11.3 Å². The fraction of sp³-hybridized carbons (Fsp3) is 0.294. The quantitative estimate of drug-likeness (QED) is 0.335. The Morgan fingerprint density at radius 3 is 2.68 bits per heavy atom. The fourth-order valence-corrected chi connectivity index (χ4v) is 3.28. The first-order chi connectivity index (χ1) is 10.6. The summed E-state index contributed by atoms with van der Waals surface area (Å²) in [5.74, 6) is 0.405. The van der Waals surface area contributed by atoms with Gasteiger partial charge in [0.05, 0.1) is 10.7 Å². The van der Waals surface area contributed by atoms with Crippen LogP contribution in [0.1, 0.15) is 42.5 Å². The van der Waals surface area contributed by atoms with Crippen molar-refractivity contribution in [1.82, 2.24) is 0 Å². The van der Waals surface area contributed by atoms with Crippen LogP contribution in [-0.4, -0.2) is 11.7 Å². The predicted octanol–water partition coefficient (Wildman–Crippen LogP) is 4.09. The Kier molecular flexibility index (Phi) is 5.72. The van der Waals surface area contributed by atoms with Crippen LogP contribution in [0.5, 0.6) is 0 Å². The Labute approximate surface area is 134 Å². The van der Waals surface area contributed by atoms with E-state index in [2.05, 4.69) is 24.3 Å². The van der Waals surface area contributed by atoms with E-state index in [0.29, 0.717) is 6.42 Å². The van der Waals surface area contributed by atoms with Crippen molar-refractivity contribution in [1.29, 1.82) is 10.8 Å². The number of amidine groups is 2. The highest BCUT2D eigenvalue weighted by Gasteiger charge is 2.06. The van der Waals surface area contributed by atoms with Gasteiger partial charge in [0.2, 0.25) is 0 Å². The molecule has 116 valence electrons. The molecule has 0 aliphatic carbocycles. The van der Waals surface area contributed by atoms with Gasteiger partial charge in [-0.3, -0.25) is 10.8 Å². The maximum atomic E-state index is 7.55. The molecular weight excluding hydrogens is 292 g/mol. The molecule has 0 bridgehead atoms. The first kappa shape index (κ1) is 16.2. The van der Waals surface area contributed by atoms with E-state index in [1.807, 2.05) is 12.1 Å². The Morgan fingerprint density at radius 2 is 1.95 bits per heavy atom. The molecule has 0 unspecified atom stereocenters. The minimum Gasteiger partial charge on any atom is -0.388 e. The van der Waals surface area contributed by atoms with Gasteiger partial charge in [0.25, 0.3) is 0 Å². The molecule has 0 aliphatic rings. The molecule has 0 saturated heterocycles. The van der Waals surface area contributed by atoms with E-state index in [1.54, 1.807) is 11.3 Å². The molecule has 2 aromatic rings. The third kappa shape index (κ3) is 4.43. The van der Waals surface area contributed by atoms with Gasteiger partial charge in [0.1, 0.15) is 5.84 Å². The van der Waals surface area contributed by atoms with Gasteiger partial charge in [0, 0.05) is 16.5 Å². The molecule has 6 N–H and O–H groups in total. The number of nitrogen functional groups attached to an aromatic ring is 1. The van der Waals surface area contributed by atoms with E-state index in [9.17, 15) is 0 Å².